The highest BCUT2D eigenvalue weighted by Crippen LogP contribution is 2.28. The SMILES string of the molecule is [C-]#[N+][C@H]1CCOCC1n1cc(C(N)=O)c(Nc2ccc(C(=O)OC)c(Br)c2)n1. The maximum Gasteiger partial charge on any atom is 0.339 e. The predicted molar refractivity (Wildman–Crippen MR) is 104 cm³/mol. The second-order valence-electron chi connectivity index (χ2n) is 6.17. The van der Waals surface area contributed by atoms with E-state index in [-0.39, 0.29) is 23.5 Å². The van der Waals surface area contributed by atoms with E-state index < -0.39 is 11.9 Å². The van der Waals surface area contributed by atoms with E-state index in [9.17, 15) is 9.59 Å². The maximum absolute atomic E-state index is 11.9. The van der Waals surface area contributed by atoms with Crippen molar-refractivity contribution < 1.29 is 19.1 Å². The van der Waals surface area contributed by atoms with Crippen LogP contribution in [0.3, 0.4) is 0 Å². The largest absolute Gasteiger partial charge is 0.465 e. The van der Waals surface area contributed by atoms with E-state index in [2.05, 4.69) is 31.2 Å². The summed E-state index contributed by atoms with van der Waals surface area (Å²) in [5.74, 6) is -0.849. The van der Waals surface area contributed by atoms with Gasteiger partial charge >= 0.3 is 5.97 Å². The molecule has 10 heteroatoms. The average molecular weight is 448 g/mol. The quantitative estimate of drug-likeness (QED) is 0.537. The number of nitrogens with zero attached hydrogens (tertiary/aromatic N) is 3. The smallest absolute Gasteiger partial charge is 0.339 e. The van der Waals surface area contributed by atoms with Crippen LogP contribution in [0.1, 0.15) is 33.2 Å². The molecular formula is C18H18BrN5O4. The molecule has 9 nitrogen and oxygen atoms in total. The van der Waals surface area contributed by atoms with Crippen molar-refractivity contribution in [1.82, 2.24) is 9.78 Å². The summed E-state index contributed by atoms with van der Waals surface area (Å²) in [4.78, 5) is 27.2. The van der Waals surface area contributed by atoms with Crippen molar-refractivity contribution >= 4 is 39.3 Å². The van der Waals surface area contributed by atoms with Crippen molar-refractivity contribution in [3.8, 4) is 0 Å². The van der Waals surface area contributed by atoms with Crippen LogP contribution >= 0.6 is 15.9 Å². The van der Waals surface area contributed by atoms with Gasteiger partial charge in [0.25, 0.3) is 5.91 Å². The Morgan fingerprint density at radius 2 is 2.25 bits per heavy atom. The second kappa shape index (κ2) is 8.41. The molecule has 1 unspecified atom stereocenters. The third-order valence-electron chi connectivity index (χ3n) is 4.43. The van der Waals surface area contributed by atoms with Crippen LogP contribution in [-0.4, -0.2) is 48.0 Å². The fourth-order valence-corrected chi connectivity index (χ4v) is 3.49. The van der Waals surface area contributed by atoms with E-state index in [0.717, 1.165) is 0 Å². The molecule has 1 aromatic carbocycles. The van der Waals surface area contributed by atoms with E-state index >= 15 is 0 Å². The minimum Gasteiger partial charge on any atom is -0.465 e. The van der Waals surface area contributed by atoms with Gasteiger partial charge in [0.1, 0.15) is 11.6 Å². The molecule has 1 saturated heterocycles. The van der Waals surface area contributed by atoms with E-state index in [0.29, 0.717) is 35.4 Å². The Hall–Kier alpha value is -2.90. The van der Waals surface area contributed by atoms with Crippen LogP contribution in [0.15, 0.2) is 28.9 Å². The van der Waals surface area contributed by atoms with Crippen molar-refractivity contribution in [3.05, 3.63) is 51.4 Å². The molecule has 0 spiro atoms. The molecule has 2 atom stereocenters. The third kappa shape index (κ3) is 4.00. The summed E-state index contributed by atoms with van der Waals surface area (Å²) in [6, 6.07) is 4.33. The molecule has 1 fully saturated rings. The Balaban J connectivity index is 1.91. The molecule has 1 aliphatic heterocycles. The molecule has 0 bridgehead atoms. The van der Waals surface area contributed by atoms with Gasteiger partial charge in [0.2, 0.25) is 6.04 Å². The van der Waals surface area contributed by atoms with Crippen molar-refractivity contribution in [3.63, 3.8) is 0 Å². The van der Waals surface area contributed by atoms with E-state index in [1.54, 1.807) is 22.9 Å². The zero-order valence-corrected chi connectivity index (χ0v) is 16.6. The van der Waals surface area contributed by atoms with Gasteiger partial charge in [-0.15, -0.1) is 0 Å². The van der Waals surface area contributed by atoms with E-state index in [4.69, 9.17) is 21.8 Å². The molecule has 2 aromatic rings. The maximum atomic E-state index is 11.9. The van der Waals surface area contributed by atoms with Gasteiger partial charge in [0.15, 0.2) is 5.82 Å². The van der Waals surface area contributed by atoms with Crippen molar-refractivity contribution in [2.24, 2.45) is 5.73 Å². The molecule has 1 amide bonds. The molecular weight excluding hydrogens is 430 g/mol. The lowest BCUT2D eigenvalue weighted by atomic mass is 10.1. The molecule has 2 heterocycles. The molecule has 0 aliphatic carbocycles. The lowest BCUT2D eigenvalue weighted by molar-refractivity contribution is 0.0506. The number of hydrogen-bond acceptors (Lipinski definition) is 6. The van der Waals surface area contributed by atoms with Crippen LogP contribution in [0, 0.1) is 6.57 Å². The van der Waals surface area contributed by atoms with Crippen LogP contribution in [0.5, 0.6) is 0 Å². The molecule has 0 radical (unpaired) electrons. The van der Waals surface area contributed by atoms with Gasteiger partial charge in [-0.1, -0.05) is 0 Å². The monoisotopic (exact) mass is 447 g/mol. The van der Waals surface area contributed by atoms with Crippen LogP contribution in [0.25, 0.3) is 4.85 Å². The number of halogens is 1. The fraction of sp³-hybridized carbons (Fsp3) is 0.333. The Bertz CT molecular complexity index is 952. The molecule has 28 heavy (non-hydrogen) atoms. The second-order valence-corrected chi connectivity index (χ2v) is 7.03. The van der Waals surface area contributed by atoms with Gasteiger partial charge in [-0.25, -0.2) is 11.4 Å². The summed E-state index contributed by atoms with van der Waals surface area (Å²) in [7, 11) is 1.30. The number of nitrogens with one attached hydrogen (secondary N) is 1. The van der Waals surface area contributed by atoms with Crippen molar-refractivity contribution in [2.75, 3.05) is 25.6 Å². The van der Waals surface area contributed by atoms with Gasteiger partial charge < -0.3 is 25.4 Å². The third-order valence-corrected chi connectivity index (χ3v) is 5.09. The minimum atomic E-state index is -0.643. The van der Waals surface area contributed by atoms with Crippen LogP contribution in [0.2, 0.25) is 0 Å². The number of benzene rings is 1. The Morgan fingerprint density at radius 1 is 1.46 bits per heavy atom. The first-order chi connectivity index (χ1) is 13.4. The van der Waals surface area contributed by atoms with Gasteiger partial charge in [0, 0.05) is 22.8 Å². The highest BCUT2D eigenvalue weighted by Gasteiger charge is 2.33. The predicted octanol–water partition coefficient (Wildman–Crippen LogP) is 2.52. The molecule has 3 N–H and O–H groups in total. The van der Waals surface area contributed by atoms with Crippen LogP contribution < -0.4 is 11.1 Å². The lowest BCUT2D eigenvalue weighted by Crippen LogP contribution is -2.32. The number of methoxy groups -OCH3 is 1. The number of esters is 1. The first-order valence-corrected chi connectivity index (χ1v) is 9.22. The summed E-state index contributed by atoms with van der Waals surface area (Å²) in [5, 5.41) is 7.46. The Labute approximate surface area is 169 Å². The molecule has 0 saturated carbocycles. The number of aromatic nitrogens is 2. The summed E-state index contributed by atoms with van der Waals surface area (Å²) >= 11 is 3.33. The van der Waals surface area contributed by atoms with Gasteiger partial charge in [0.05, 0.1) is 25.9 Å². The van der Waals surface area contributed by atoms with Gasteiger partial charge in [-0.2, -0.15) is 5.10 Å². The fourth-order valence-electron chi connectivity index (χ4n) is 2.95. The number of primary amides is 1. The van der Waals surface area contributed by atoms with Gasteiger partial charge in [-0.3, -0.25) is 9.48 Å². The number of rotatable bonds is 5. The van der Waals surface area contributed by atoms with E-state index in [1.807, 2.05) is 0 Å². The topological polar surface area (TPSA) is 113 Å². The lowest BCUT2D eigenvalue weighted by Gasteiger charge is -2.23. The number of anilines is 2. The molecule has 1 aromatic heterocycles. The van der Waals surface area contributed by atoms with Crippen LogP contribution in [-0.2, 0) is 9.47 Å². The molecule has 1 aliphatic rings. The molecule has 3 rings (SSSR count). The first-order valence-electron chi connectivity index (χ1n) is 8.42. The number of ether oxygens (including phenoxy) is 2. The number of hydrogen-bond donors (Lipinski definition) is 2. The Kier molecular flexibility index (Phi) is 5.96. The van der Waals surface area contributed by atoms with Crippen molar-refractivity contribution in [2.45, 2.75) is 18.5 Å². The average Bonchev–Trinajstić information content (AvgIpc) is 3.11. The number of carbonyl (C=O) groups is 2. The standard InChI is InChI=1S/C18H18BrN5O4/c1-21-14-5-6-28-9-15(14)24-8-12(16(20)25)17(23-24)22-10-3-4-11(13(19)7-10)18(26)27-2/h3-4,7-8,14-15H,5-6,9H2,2H3,(H2,20,25)(H,22,23)/t14-,15?/m0/s1. The number of amides is 1. The zero-order chi connectivity index (χ0) is 20.3. The summed E-state index contributed by atoms with van der Waals surface area (Å²) in [6.45, 7) is 8.24. The van der Waals surface area contributed by atoms with Gasteiger partial charge in [-0.05, 0) is 34.1 Å². The minimum absolute atomic E-state index is 0.197. The summed E-state index contributed by atoms with van der Waals surface area (Å²) < 4.78 is 12.3. The summed E-state index contributed by atoms with van der Waals surface area (Å²) in [5.41, 5.74) is 6.65. The summed E-state index contributed by atoms with van der Waals surface area (Å²) in [6.07, 6.45) is 2.13. The van der Waals surface area contributed by atoms with Crippen LogP contribution in [0.4, 0.5) is 11.5 Å². The van der Waals surface area contributed by atoms with E-state index in [1.165, 1.54) is 13.3 Å². The first kappa shape index (κ1) is 19.9. The Morgan fingerprint density at radius 3 is 2.89 bits per heavy atom. The van der Waals surface area contributed by atoms with Crippen molar-refractivity contribution in [1.29, 1.82) is 0 Å². The highest BCUT2D eigenvalue weighted by molar-refractivity contribution is 9.10. The molecule has 146 valence electrons. The normalized spacial score (nSPS) is 18.9. The highest BCUT2D eigenvalue weighted by atomic mass is 79.9. The zero-order valence-electron chi connectivity index (χ0n) is 15.0. The number of carbonyl (C=O) groups excluding carboxylic acids is 2. The number of nitrogens with two attached hydrogens (primary N) is 1.